The van der Waals surface area contributed by atoms with Gasteiger partial charge in [0.15, 0.2) is 11.9 Å². The Hall–Kier alpha value is -4.23. The van der Waals surface area contributed by atoms with E-state index in [-0.39, 0.29) is 49.7 Å². The van der Waals surface area contributed by atoms with Crippen LogP contribution >= 0.6 is 0 Å². The van der Waals surface area contributed by atoms with Crippen molar-refractivity contribution < 1.29 is 29.1 Å². The third-order valence-electron chi connectivity index (χ3n) is 7.60. The molecule has 0 aromatic rings. The van der Waals surface area contributed by atoms with Gasteiger partial charge in [-0.05, 0) is 77.2 Å². The lowest BCUT2D eigenvalue weighted by Gasteiger charge is -2.28. The first-order valence-electron chi connectivity index (χ1n) is 16.0. The molecule has 19 nitrogen and oxygen atoms in total. The second-order valence-electron chi connectivity index (χ2n) is 11.5. The summed E-state index contributed by atoms with van der Waals surface area (Å²) >= 11 is 0. The molecule has 0 aliphatic carbocycles. The number of rotatable bonds is 23. The van der Waals surface area contributed by atoms with Crippen molar-refractivity contribution in [3.05, 3.63) is 0 Å². The quantitative estimate of drug-likeness (QED) is 0.0280. The minimum absolute atomic E-state index is 0.0242. The van der Waals surface area contributed by atoms with Crippen LogP contribution in [0.4, 0.5) is 0 Å². The molecule has 1 aliphatic heterocycles. The van der Waals surface area contributed by atoms with Crippen molar-refractivity contribution in [3.8, 4) is 0 Å². The molecule has 18 N–H and O–H groups in total. The molecule has 0 aromatic carbocycles. The highest BCUT2D eigenvalue weighted by molar-refractivity contribution is 5.94. The van der Waals surface area contributed by atoms with Crippen LogP contribution in [-0.2, 0) is 24.0 Å². The molecular weight excluding hydrogens is 614 g/mol. The van der Waals surface area contributed by atoms with E-state index in [0.717, 1.165) is 0 Å². The van der Waals surface area contributed by atoms with Crippen LogP contribution in [0.1, 0.15) is 70.6 Å². The number of hydrogen-bond acceptors (Lipinski definition) is 10. The number of unbranched alkanes of at least 4 members (excludes halogenated alkanes) is 2. The van der Waals surface area contributed by atoms with Gasteiger partial charge in [-0.25, -0.2) is 4.79 Å². The van der Waals surface area contributed by atoms with Crippen molar-refractivity contribution in [2.75, 3.05) is 32.7 Å². The summed E-state index contributed by atoms with van der Waals surface area (Å²) in [6.45, 7) is 1.42. The third kappa shape index (κ3) is 16.2. The summed E-state index contributed by atoms with van der Waals surface area (Å²) in [6, 6.07) is -4.67. The molecular formula is C28H55N13O6. The average Bonchev–Trinajstić information content (AvgIpc) is 3.51. The fourth-order valence-electron chi connectivity index (χ4n) is 5.02. The van der Waals surface area contributed by atoms with Gasteiger partial charge in [-0.2, -0.15) is 0 Å². The van der Waals surface area contributed by atoms with E-state index in [1.165, 1.54) is 4.90 Å². The fourth-order valence-corrected chi connectivity index (χ4v) is 5.02. The molecule has 1 saturated heterocycles. The lowest BCUT2D eigenvalue weighted by atomic mass is 10.1. The predicted molar refractivity (Wildman–Crippen MR) is 177 cm³/mol. The Bertz CT molecular complexity index is 1080. The summed E-state index contributed by atoms with van der Waals surface area (Å²) in [5, 5.41) is 17.4. The molecule has 1 rings (SSSR count). The number of likely N-dealkylation sites (tertiary alicyclic amines) is 1. The summed E-state index contributed by atoms with van der Waals surface area (Å²) in [5.41, 5.74) is 38.9. The van der Waals surface area contributed by atoms with E-state index in [0.29, 0.717) is 77.4 Å². The molecule has 0 aromatic heterocycles. The number of aliphatic carboxylic acids is 1. The van der Waals surface area contributed by atoms with Crippen LogP contribution in [0.2, 0.25) is 0 Å². The molecule has 0 radical (unpaired) electrons. The molecule has 5 atom stereocenters. The van der Waals surface area contributed by atoms with Crippen LogP contribution in [0.5, 0.6) is 0 Å². The Morgan fingerprint density at radius 1 is 0.766 bits per heavy atom. The van der Waals surface area contributed by atoms with E-state index in [1.54, 1.807) is 0 Å². The maximum Gasteiger partial charge on any atom is 0.326 e. The lowest BCUT2D eigenvalue weighted by molar-refractivity contribution is -0.143. The fraction of sp³-hybridized carbons (Fsp3) is 0.750. The summed E-state index contributed by atoms with van der Waals surface area (Å²) in [7, 11) is 0. The zero-order valence-corrected chi connectivity index (χ0v) is 27.1. The van der Waals surface area contributed by atoms with Gasteiger partial charge in [0.25, 0.3) is 0 Å². The van der Waals surface area contributed by atoms with Gasteiger partial charge in [-0.1, -0.05) is 0 Å². The summed E-state index contributed by atoms with van der Waals surface area (Å²) in [4.78, 5) is 72.3. The van der Waals surface area contributed by atoms with Crippen molar-refractivity contribution in [2.45, 2.75) is 101 Å². The van der Waals surface area contributed by atoms with Crippen LogP contribution < -0.4 is 56.1 Å². The molecule has 1 heterocycles. The van der Waals surface area contributed by atoms with Gasteiger partial charge in [0, 0.05) is 26.2 Å². The highest BCUT2D eigenvalue weighted by Crippen LogP contribution is 2.20. The maximum absolute atomic E-state index is 13.2. The molecule has 0 unspecified atom stereocenters. The number of amides is 4. The number of carboxylic acids is 1. The van der Waals surface area contributed by atoms with Gasteiger partial charge in [0.1, 0.15) is 18.1 Å². The lowest BCUT2D eigenvalue weighted by Crippen LogP contribution is -2.57. The standard InChI is InChI=1S/C28H55N13O6/c29-12-11-19(23(43)40-20(26(46)47)9-5-15-38-28(34)35)39-24(44)21-10-6-16-41(21)25(45)18(31)8-2-3-13-36-22(42)17(30)7-1-4-14-37-27(32)33/h17-21H,1-16,29-31H2,(H,36,42)(H,39,44)(H,40,43)(H,46,47)(H4,32,33,37)(H4,34,35,38)/t17-,18-,19-,20-,21-/m0/s1. The van der Waals surface area contributed by atoms with Crippen molar-refractivity contribution in [2.24, 2.45) is 50.1 Å². The molecule has 4 amide bonds. The Morgan fingerprint density at radius 3 is 2.00 bits per heavy atom. The number of nitrogens with zero attached hydrogens (tertiary/aromatic N) is 3. The number of hydrogen-bond donors (Lipinski definition) is 11. The van der Waals surface area contributed by atoms with Crippen molar-refractivity contribution >= 4 is 41.5 Å². The van der Waals surface area contributed by atoms with Crippen LogP contribution in [0, 0.1) is 0 Å². The van der Waals surface area contributed by atoms with Gasteiger partial charge in [-0.3, -0.25) is 29.2 Å². The third-order valence-corrected chi connectivity index (χ3v) is 7.60. The topological polar surface area (TPSA) is 352 Å². The SMILES string of the molecule is NCC[C@H](NC(=O)[C@@H]1CCCN1C(=O)[C@@H](N)CCCCNC(=O)[C@@H](N)CCCCN=C(N)N)C(=O)N[C@@H](CCCN=C(N)N)C(=O)O. The summed E-state index contributed by atoms with van der Waals surface area (Å²) in [5.74, 6) is -3.26. The highest BCUT2D eigenvalue weighted by atomic mass is 16.4. The number of carboxylic acid groups (broad SMARTS) is 1. The summed E-state index contributed by atoms with van der Waals surface area (Å²) < 4.78 is 0. The van der Waals surface area contributed by atoms with Crippen molar-refractivity contribution in [1.82, 2.24) is 20.9 Å². The first kappa shape index (κ1) is 40.8. The van der Waals surface area contributed by atoms with Crippen molar-refractivity contribution in [1.29, 1.82) is 0 Å². The van der Waals surface area contributed by atoms with Crippen LogP contribution in [-0.4, -0.2) is 114 Å². The Kier molecular flexibility index (Phi) is 19.4. The smallest absolute Gasteiger partial charge is 0.326 e. The first-order valence-corrected chi connectivity index (χ1v) is 16.0. The zero-order valence-electron chi connectivity index (χ0n) is 27.1. The average molecular weight is 670 g/mol. The molecule has 0 spiro atoms. The molecule has 1 fully saturated rings. The number of nitrogens with one attached hydrogen (secondary N) is 3. The predicted octanol–water partition coefficient (Wildman–Crippen LogP) is -4.18. The Labute approximate surface area is 275 Å². The summed E-state index contributed by atoms with van der Waals surface area (Å²) in [6.07, 6.45) is 4.76. The maximum atomic E-state index is 13.2. The van der Waals surface area contributed by atoms with E-state index in [1.807, 2.05) is 0 Å². The molecule has 0 bridgehead atoms. The van der Waals surface area contributed by atoms with Crippen LogP contribution in [0.25, 0.3) is 0 Å². The zero-order chi connectivity index (χ0) is 35.4. The van der Waals surface area contributed by atoms with Crippen molar-refractivity contribution in [3.63, 3.8) is 0 Å². The van der Waals surface area contributed by atoms with Crippen LogP contribution in [0.3, 0.4) is 0 Å². The number of aliphatic imine (C=N–C) groups is 2. The second kappa shape index (κ2) is 22.3. The number of carbonyl (C=O) groups is 5. The van der Waals surface area contributed by atoms with E-state index in [2.05, 4.69) is 25.9 Å². The Balaban J connectivity index is 2.56. The highest BCUT2D eigenvalue weighted by Gasteiger charge is 2.37. The monoisotopic (exact) mass is 669 g/mol. The van der Waals surface area contributed by atoms with E-state index < -0.39 is 48.0 Å². The number of carbonyl (C=O) groups excluding carboxylic acids is 4. The van der Waals surface area contributed by atoms with Gasteiger partial charge in [0.2, 0.25) is 23.6 Å². The van der Waals surface area contributed by atoms with E-state index in [4.69, 9.17) is 40.1 Å². The molecule has 47 heavy (non-hydrogen) atoms. The first-order chi connectivity index (χ1) is 22.3. The van der Waals surface area contributed by atoms with Crippen LogP contribution in [0.15, 0.2) is 9.98 Å². The van der Waals surface area contributed by atoms with Gasteiger partial charge >= 0.3 is 5.97 Å². The Morgan fingerprint density at radius 2 is 1.38 bits per heavy atom. The number of nitrogens with two attached hydrogens (primary N) is 7. The molecule has 268 valence electrons. The largest absolute Gasteiger partial charge is 0.480 e. The van der Waals surface area contributed by atoms with Gasteiger partial charge < -0.3 is 66.1 Å². The van der Waals surface area contributed by atoms with Gasteiger partial charge in [0.05, 0.1) is 12.1 Å². The second-order valence-corrected chi connectivity index (χ2v) is 11.5. The van der Waals surface area contributed by atoms with Gasteiger partial charge in [-0.15, -0.1) is 0 Å². The van der Waals surface area contributed by atoms with E-state index >= 15 is 0 Å². The normalized spacial score (nSPS) is 16.7. The van der Waals surface area contributed by atoms with E-state index in [9.17, 15) is 29.1 Å². The molecule has 19 heteroatoms. The minimum Gasteiger partial charge on any atom is -0.480 e. The molecule has 1 aliphatic rings. The molecule has 0 saturated carbocycles. The number of guanidine groups is 2. The minimum atomic E-state index is -1.25.